The van der Waals surface area contributed by atoms with Gasteiger partial charge in [-0.05, 0) is 23.1 Å². The summed E-state index contributed by atoms with van der Waals surface area (Å²) in [5, 5.41) is 2.55. The first-order valence-electron chi connectivity index (χ1n) is 6.21. The van der Waals surface area contributed by atoms with Gasteiger partial charge in [0.15, 0.2) is 0 Å². The molecule has 20 heavy (non-hydrogen) atoms. The van der Waals surface area contributed by atoms with Crippen LogP contribution in [-0.2, 0) is 17.5 Å². The van der Waals surface area contributed by atoms with E-state index in [2.05, 4.69) is 5.32 Å². The van der Waals surface area contributed by atoms with Gasteiger partial charge in [-0.25, -0.2) is 0 Å². The van der Waals surface area contributed by atoms with E-state index in [4.69, 9.17) is 5.73 Å². The van der Waals surface area contributed by atoms with Crippen LogP contribution in [0.2, 0.25) is 0 Å². The van der Waals surface area contributed by atoms with Crippen LogP contribution in [-0.4, -0.2) is 11.9 Å². The van der Waals surface area contributed by atoms with Crippen molar-refractivity contribution in [3.63, 3.8) is 0 Å². The van der Waals surface area contributed by atoms with E-state index < -0.39 is 23.2 Å². The summed E-state index contributed by atoms with van der Waals surface area (Å²) in [6.07, 6.45) is -4.39. The molecule has 1 atom stereocenters. The molecular formula is C14H19F3N2O. The Labute approximate surface area is 116 Å². The highest BCUT2D eigenvalue weighted by atomic mass is 19.4. The Kier molecular flexibility index (Phi) is 4.81. The zero-order valence-corrected chi connectivity index (χ0v) is 11.7. The molecule has 6 heteroatoms. The lowest BCUT2D eigenvalue weighted by Crippen LogP contribution is -2.48. The van der Waals surface area contributed by atoms with Gasteiger partial charge in [-0.1, -0.05) is 32.9 Å². The Morgan fingerprint density at radius 3 is 2.40 bits per heavy atom. The highest BCUT2D eigenvalue weighted by Gasteiger charge is 2.30. The van der Waals surface area contributed by atoms with Crippen LogP contribution in [0.4, 0.5) is 13.2 Å². The van der Waals surface area contributed by atoms with Crippen molar-refractivity contribution in [2.75, 3.05) is 0 Å². The van der Waals surface area contributed by atoms with Gasteiger partial charge in [0.2, 0.25) is 5.91 Å². The average molecular weight is 288 g/mol. The summed E-state index contributed by atoms with van der Waals surface area (Å²) in [5.41, 5.74) is 5.01. The van der Waals surface area contributed by atoms with E-state index in [9.17, 15) is 18.0 Å². The molecular weight excluding hydrogens is 269 g/mol. The number of hydrogen-bond donors (Lipinski definition) is 2. The standard InChI is InChI=1S/C14H19F3N2O/c1-13(2,3)11(18)12(20)19-8-9-5-4-6-10(7-9)14(15,16)17/h4-7,11H,8,18H2,1-3H3,(H,19,20)/t11-/m0/s1. The fourth-order valence-corrected chi connectivity index (χ4v) is 1.55. The lowest BCUT2D eigenvalue weighted by molar-refractivity contribution is -0.137. The Morgan fingerprint density at radius 2 is 1.90 bits per heavy atom. The first-order valence-corrected chi connectivity index (χ1v) is 6.21. The van der Waals surface area contributed by atoms with E-state index in [0.717, 1.165) is 12.1 Å². The minimum atomic E-state index is -4.39. The molecule has 0 bridgehead atoms. The van der Waals surface area contributed by atoms with Crippen LogP contribution in [0.3, 0.4) is 0 Å². The summed E-state index contributed by atoms with van der Waals surface area (Å²) in [6, 6.07) is 4.13. The molecule has 0 aromatic heterocycles. The fourth-order valence-electron chi connectivity index (χ4n) is 1.55. The number of hydrogen-bond acceptors (Lipinski definition) is 2. The highest BCUT2D eigenvalue weighted by Crippen LogP contribution is 2.29. The number of nitrogens with one attached hydrogen (secondary N) is 1. The summed E-state index contributed by atoms with van der Waals surface area (Å²) >= 11 is 0. The largest absolute Gasteiger partial charge is 0.416 e. The van der Waals surface area contributed by atoms with Crippen LogP contribution in [0.15, 0.2) is 24.3 Å². The molecule has 112 valence electrons. The van der Waals surface area contributed by atoms with Crippen LogP contribution < -0.4 is 11.1 Å². The lowest BCUT2D eigenvalue weighted by Gasteiger charge is -2.25. The van der Waals surface area contributed by atoms with E-state index in [1.54, 1.807) is 0 Å². The molecule has 0 aliphatic rings. The maximum absolute atomic E-state index is 12.5. The zero-order chi connectivity index (χ0) is 15.6. The second-order valence-electron chi connectivity index (χ2n) is 5.76. The van der Waals surface area contributed by atoms with Crippen LogP contribution in [0, 0.1) is 5.41 Å². The van der Waals surface area contributed by atoms with Crippen molar-refractivity contribution in [2.24, 2.45) is 11.1 Å². The number of rotatable bonds is 3. The number of amides is 1. The number of carbonyl (C=O) groups is 1. The van der Waals surface area contributed by atoms with Crippen molar-refractivity contribution < 1.29 is 18.0 Å². The fraction of sp³-hybridized carbons (Fsp3) is 0.500. The molecule has 0 fully saturated rings. The molecule has 0 spiro atoms. The number of benzene rings is 1. The predicted molar refractivity (Wildman–Crippen MR) is 70.7 cm³/mol. The normalized spacial score (nSPS) is 13.9. The van der Waals surface area contributed by atoms with Gasteiger partial charge in [-0.15, -0.1) is 0 Å². The molecule has 0 saturated heterocycles. The number of alkyl halides is 3. The summed E-state index contributed by atoms with van der Waals surface area (Å²) in [5.74, 6) is -0.380. The van der Waals surface area contributed by atoms with Crippen molar-refractivity contribution in [3.8, 4) is 0 Å². The molecule has 1 aromatic carbocycles. The van der Waals surface area contributed by atoms with E-state index in [1.807, 2.05) is 20.8 Å². The van der Waals surface area contributed by atoms with Gasteiger partial charge in [-0.2, -0.15) is 13.2 Å². The van der Waals surface area contributed by atoms with Gasteiger partial charge in [0.1, 0.15) is 0 Å². The smallest absolute Gasteiger partial charge is 0.351 e. The van der Waals surface area contributed by atoms with Crippen molar-refractivity contribution in [1.29, 1.82) is 0 Å². The van der Waals surface area contributed by atoms with Crippen LogP contribution in [0.5, 0.6) is 0 Å². The Morgan fingerprint density at radius 1 is 1.30 bits per heavy atom. The molecule has 0 aliphatic carbocycles. The maximum Gasteiger partial charge on any atom is 0.416 e. The van der Waals surface area contributed by atoms with Crippen LogP contribution >= 0.6 is 0 Å². The third-order valence-corrected chi connectivity index (χ3v) is 2.94. The summed E-state index contributed by atoms with van der Waals surface area (Å²) < 4.78 is 37.6. The number of nitrogens with two attached hydrogens (primary N) is 1. The van der Waals surface area contributed by atoms with Gasteiger partial charge >= 0.3 is 6.18 Å². The van der Waals surface area contributed by atoms with E-state index in [0.29, 0.717) is 5.56 Å². The first kappa shape index (κ1) is 16.5. The maximum atomic E-state index is 12.5. The Hall–Kier alpha value is -1.56. The van der Waals surface area contributed by atoms with Gasteiger partial charge in [0, 0.05) is 6.54 Å². The van der Waals surface area contributed by atoms with E-state index in [1.165, 1.54) is 12.1 Å². The molecule has 0 heterocycles. The Balaban J connectivity index is 2.70. The highest BCUT2D eigenvalue weighted by molar-refractivity contribution is 5.82. The van der Waals surface area contributed by atoms with Crippen LogP contribution in [0.1, 0.15) is 31.9 Å². The molecule has 0 saturated carbocycles. The molecule has 3 nitrogen and oxygen atoms in total. The third-order valence-electron chi connectivity index (χ3n) is 2.94. The zero-order valence-electron chi connectivity index (χ0n) is 11.7. The van der Waals surface area contributed by atoms with Crippen LogP contribution in [0.25, 0.3) is 0 Å². The minimum absolute atomic E-state index is 0.0204. The first-order chi connectivity index (χ1) is 9.01. The van der Waals surface area contributed by atoms with E-state index in [-0.39, 0.29) is 12.5 Å². The van der Waals surface area contributed by atoms with Gasteiger partial charge in [0.05, 0.1) is 11.6 Å². The van der Waals surface area contributed by atoms with Crippen molar-refractivity contribution >= 4 is 5.91 Å². The average Bonchev–Trinajstić information content (AvgIpc) is 2.33. The topological polar surface area (TPSA) is 55.1 Å². The van der Waals surface area contributed by atoms with Gasteiger partial charge in [-0.3, -0.25) is 4.79 Å². The molecule has 0 unspecified atom stereocenters. The molecule has 0 aliphatic heterocycles. The summed E-state index contributed by atoms with van der Waals surface area (Å²) in [6.45, 7) is 5.48. The van der Waals surface area contributed by atoms with Crippen molar-refractivity contribution in [2.45, 2.75) is 39.5 Å². The summed E-state index contributed by atoms with van der Waals surface area (Å²) in [7, 11) is 0. The number of halogens is 3. The molecule has 1 aromatic rings. The molecule has 1 amide bonds. The third kappa shape index (κ3) is 4.52. The second-order valence-corrected chi connectivity index (χ2v) is 5.76. The van der Waals surface area contributed by atoms with Crippen molar-refractivity contribution in [3.05, 3.63) is 35.4 Å². The SMILES string of the molecule is CC(C)(C)[C@@H](N)C(=O)NCc1cccc(C(F)(F)F)c1. The molecule has 0 radical (unpaired) electrons. The lowest BCUT2D eigenvalue weighted by atomic mass is 9.87. The summed E-state index contributed by atoms with van der Waals surface area (Å²) in [4.78, 5) is 11.8. The second kappa shape index (κ2) is 5.83. The predicted octanol–water partition coefficient (Wildman–Crippen LogP) is 2.70. The monoisotopic (exact) mass is 288 g/mol. The molecule has 1 rings (SSSR count). The quantitative estimate of drug-likeness (QED) is 0.898. The van der Waals surface area contributed by atoms with Gasteiger partial charge < -0.3 is 11.1 Å². The Bertz CT molecular complexity index is 478. The minimum Gasteiger partial charge on any atom is -0.351 e. The molecule has 3 N–H and O–H groups in total. The van der Waals surface area contributed by atoms with E-state index >= 15 is 0 Å². The number of carbonyl (C=O) groups excluding carboxylic acids is 1. The van der Waals surface area contributed by atoms with Crippen molar-refractivity contribution in [1.82, 2.24) is 5.32 Å². The van der Waals surface area contributed by atoms with Gasteiger partial charge in [0.25, 0.3) is 0 Å².